The zero-order valence-electron chi connectivity index (χ0n) is 7.36. The van der Waals surface area contributed by atoms with E-state index in [0.29, 0.717) is 38.2 Å². The molecule has 0 N–H and O–H groups in total. The predicted octanol–water partition coefficient (Wildman–Crippen LogP) is -0.140. The highest BCUT2D eigenvalue weighted by Gasteiger charge is 2.10. The third-order valence-corrected chi connectivity index (χ3v) is 1.75. The Morgan fingerprint density at radius 3 is 1.92 bits per heavy atom. The molecule has 5 nitrogen and oxygen atoms in total. The molecule has 0 aromatic rings. The highest BCUT2D eigenvalue weighted by atomic mass is 16.6. The molecule has 0 unspecified atom stereocenters. The van der Waals surface area contributed by atoms with Gasteiger partial charge in [0.2, 0.25) is 11.8 Å². The van der Waals surface area contributed by atoms with Crippen LogP contribution >= 0.6 is 0 Å². The molecule has 2 aliphatic rings. The van der Waals surface area contributed by atoms with Crippen molar-refractivity contribution in [1.29, 1.82) is 0 Å². The first-order valence-corrected chi connectivity index (χ1v) is 4.35. The van der Waals surface area contributed by atoms with Crippen molar-refractivity contribution in [2.45, 2.75) is 0 Å². The van der Waals surface area contributed by atoms with E-state index in [9.17, 15) is 0 Å². The lowest BCUT2D eigenvalue weighted by Crippen LogP contribution is -2.15. The summed E-state index contributed by atoms with van der Waals surface area (Å²) in [5, 5.41) is 0. The van der Waals surface area contributed by atoms with Crippen LogP contribution in [0.1, 0.15) is 0 Å². The third-order valence-electron chi connectivity index (χ3n) is 1.75. The van der Waals surface area contributed by atoms with Crippen LogP contribution in [0.25, 0.3) is 0 Å². The Labute approximate surface area is 76.4 Å². The minimum absolute atomic E-state index is 0.419. The lowest BCUT2D eigenvalue weighted by molar-refractivity contribution is 0.173. The maximum atomic E-state index is 5.29. The fourth-order valence-corrected chi connectivity index (χ4v) is 1.16. The Kier molecular flexibility index (Phi) is 2.76. The summed E-state index contributed by atoms with van der Waals surface area (Å²) in [6.45, 7) is 3.68. The monoisotopic (exact) mass is 184 g/mol. The van der Waals surface area contributed by atoms with Crippen LogP contribution in [-0.4, -0.2) is 51.3 Å². The van der Waals surface area contributed by atoms with Crippen molar-refractivity contribution < 1.29 is 14.2 Å². The summed E-state index contributed by atoms with van der Waals surface area (Å²) in [6, 6.07) is 0. The Balaban J connectivity index is 1.63. The van der Waals surface area contributed by atoms with Gasteiger partial charge in [-0.3, -0.25) is 9.98 Å². The smallest absolute Gasteiger partial charge is 0.210 e. The highest BCUT2D eigenvalue weighted by molar-refractivity contribution is 5.80. The molecule has 0 aromatic carbocycles. The summed E-state index contributed by atoms with van der Waals surface area (Å²) in [6.07, 6.45) is 0. The van der Waals surface area contributed by atoms with Gasteiger partial charge in [0.1, 0.15) is 26.4 Å². The molecule has 2 heterocycles. The fraction of sp³-hybridized carbons (Fsp3) is 0.750. The molecule has 2 aliphatic heterocycles. The van der Waals surface area contributed by atoms with E-state index in [0.717, 1.165) is 13.1 Å². The van der Waals surface area contributed by atoms with Crippen molar-refractivity contribution in [3.8, 4) is 0 Å². The van der Waals surface area contributed by atoms with E-state index in [4.69, 9.17) is 14.2 Å². The van der Waals surface area contributed by atoms with Crippen LogP contribution in [0, 0.1) is 0 Å². The number of hydrogen-bond acceptors (Lipinski definition) is 5. The van der Waals surface area contributed by atoms with Gasteiger partial charge in [-0.2, -0.15) is 0 Å². The largest absolute Gasteiger partial charge is 0.477 e. The molecule has 0 amide bonds. The highest BCUT2D eigenvalue weighted by Crippen LogP contribution is 1.97. The summed E-state index contributed by atoms with van der Waals surface area (Å²) >= 11 is 0. The first-order valence-electron chi connectivity index (χ1n) is 4.35. The number of hydrogen-bond donors (Lipinski definition) is 0. The first-order chi connectivity index (χ1) is 6.45. The van der Waals surface area contributed by atoms with Gasteiger partial charge in [-0.15, -0.1) is 0 Å². The molecular formula is C8H12N2O3. The molecule has 5 heteroatoms. The predicted molar refractivity (Wildman–Crippen MR) is 47.3 cm³/mol. The zero-order chi connectivity index (χ0) is 8.93. The molecule has 0 radical (unpaired) electrons. The molecule has 0 aliphatic carbocycles. The third kappa shape index (κ3) is 2.42. The standard InChI is InChI=1S/C8H12N2O3/c1-3-12-7(9-1)5-11-6-8-10-2-4-13-8/h1-6H2. The molecule has 0 saturated heterocycles. The molecule has 72 valence electrons. The summed E-state index contributed by atoms with van der Waals surface area (Å²) in [5.74, 6) is 1.36. The van der Waals surface area contributed by atoms with Crippen LogP contribution in [0.4, 0.5) is 0 Å². The Hall–Kier alpha value is -1.10. The number of nitrogens with zero attached hydrogens (tertiary/aromatic N) is 2. The van der Waals surface area contributed by atoms with Gasteiger partial charge in [-0.25, -0.2) is 0 Å². The van der Waals surface area contributed by atoms with Crippen LogP contribution in [0.5, 0.6) is 0 Å². The Morgan fingerprint density at radius 2 is 1.54 bits per heavy atom. The minimum Gasteiger partial charge on any atom is -0.477 e. The van der Waals surface area contributed by atoms with Crippen molar-refractivity contribution in [2.24, 2.45) is 9.98 Å². The fourth-order valence-electron chi connectivity index (χ4n) is 1.16. The van der Waals surface area contributed by atoms with E-state index in [-0.39, 0.29) is 0 Å². The van der Waals surface area contributed by atoms with E-state index in [2.05, 4.69) is 9.98 Å². The second-order valence-corrected chi connectivity index (χ2v) is 2.74. The number of aliphatic imine (C=N–C) groups is 2. The van der Waals surface area contributed by atoms with Gasteiger partial charge in [0.25, 0.3) is 0 Å². The van der Waals surface area contributed by atoms with E-state index in [1.807, 2.05) is 0 Å². The molecule has 0 fully saturated rings. The minimum atomic E-state index is 0.419. The zero-order valence-corrected chi connectivity index (χ0v) is 7.36. The van der Waals surface area contributed by atoms with Crippen LogP contribution < -0.4 is 0 Å². The maximum absolute atomic E-state index is 5.29. The van der Waals surface area contributed by atoms with Crippen molar-refractivity contribution in [2.75, 3.05) is 39.5 Å². The van der Waals surface area contributed by atoms with Crippen LogP contribution in [0.15, 0.2) is 9.98 Å². The molecule has 0 spiro atoms. The molecule has 0 saturated carbocycles. The lowest BCUT2D eigenvalue weighted by atomic mass is 10.6. The molecule has 2 rings (SSSR count). The Morgan fingerprint density at radius 1 is 1.00 bits per heavy atom. The van der Waals surface area contributed by atoms with E-state index >= 15 is 0 Å². The van der Waals surface area contributed by atoms with Crippen molar-refractivity contribution in [1.82, 2.24) is 0 Å². The molecule has 0 aromatic heterocycles. The average Bonchev–Trinajstić information content (AvgIpc) is 2.75. The summed E-state index contributed by atoms with van der Waals surface area (Å²) in [7, 11) is 0. The first kappa shape index (κ1) is 8.50. The van der Waals surface area contributed by atoms with Crippen LogP contribution in [0.2, 0.25) is 0 Å². The maximum Gasteiger partial charge on any atom is 0.210 e. The Bertz CT molecular complexity index is 214. The van der Waals surface area contributed by atoms with E-state index in [1.54, 1.807) is 0 Å². The van der Waals surface area contributed by atoms with Gasteiger partial charge < -0.3 is 14.2 Å². The topological polar surface area (TPSA) is 52.4 Å². The summed E-state index contributed by atoms with van der Waals surface area (Å²) in [5.41, 5.74) is 0. The molecule has 0 bridgehead atoms. The normalized spacial score (nSPS) is 20.6. The van der Waals surface area contributed by atoms with Crippen molar-refractivity contribution in [3.05, 3.63) is 0 Å². The molecule has 13 heavy (non-hydrogen) atoms. The second-order valence-electron chi connectivity index (χ2n) is 2.74. The van der Waals surface area contributed by atoms with Crippen LogP contribution in [0.3, 0.4) is 0 Å². The van der Waals surface area contributed by atoms with Crippen molar-refractivity contribution in [3.63, 3.8) is 0 Å². The molecular weight excluding hydrogens is 172 g/mol. The van der Waals surface area contributed by atoms with Gasteiger partial charge in [0.15, 0.2) is 0 Å². The summed E-state index contributed by atoms with van der Waals surface area (Å²) in [4.78, 5) is 8.18. The van der Waals surface area contributed by atoms with E-state index in [1.165, 1.54) is 0 Å². The summed E-state index contributed by atoms with van der Waals surface area (Å²) < 4.78 is 15.6. The van der Waals surface area contributed by atoms with Crippen molar-refractivity contribution >= 4 is 11.8 Å². The quantitative estimate of drug-likeness (QED) is 0.611. The second kappa shape index (κ2) is 4.23. The van der Waals surface area contributed by atoms with Crippen LogP contribution in [-0.2, 0) is 14.2 Å². The number of rotatable bonds is 4. The van der Waals surface area contributed by atoms with Gasteiger partial charge in [-0.05, 0) is 0 Å². The van der Waals surface area contributed by atoms with Gasteiger partial charge >= 0.3 is 0 Å². The lowest BCUT2D eigenvalue weighted by Gasteiger charge is -2.03. The molecule has 0 atom stereocenters. The van der Waals surface area contributed by atoms with Gasteiger partial charge in [0.05, 0.1) is 13.1 Å². The van der Waals surface area contributed by atoms with E-state index < -0.39 is 0 Å². The average molecular weight is 184 g/mol. The number of ether oxygens (including phenoxy) is 3. The van der Waals surface area contributed by atoms with Gasteiger partial charge in [-0.1, -0.05) is 0 Å². The van der Waals surface area contributed by atoms with Gasteiger partial charge in [0, 0.05) is 0 Å². The SMILES string of the molecule is C1COC(COCC2=NCCO2)=N1.